The fourth-order valence-corrected chi connectivity index (χ4v) is 2.83. The van der Waals surface area contributed by atoms with Gasteiger partial charge < -0.3 is 15.1 Å². The first-order valence-electron chi connectivity index (χ1n) is 3.77. The molecule has 3 N–H and O–H groups in total. The zero-order valence-electron chi connectivity index (χ0n) is 6.16. The van der Waals surface area contributed by atoms with E-state index < -0.39 is 7.32 Å². The first-order valence-corrected chi connectivity index (χ1v) is 5.77. The zero-order valence-corrected chi connectivity index (χ0v) is 7.58. The topological polar surface area (TPSA) is 60.7 Å². The van der Waals surface area contributed by atoms with Crippen molar-refractivity contribution in [2.75, 3.05) is 0 Å². The van der Waals surface area contributed by atoms with E-state index in [4.69, 9.17) is 15.1 Å². The molecule has 0 spiro atoms. The molecule has 1 heterocycles. The molecule has 0 amide bonds. The predicted molar refractivity (Wildman–Crippen MR) is 51.6 cm³/mol. The van der Waals surface area contributed by atoms with Crippen molar-refractivity contribution >= 4 is 46.4 Å². The standard InChI is InChI=1S/C5H12Si.BH3O3.Na.H/c1-2-4-6-5-3-1;2-1(3)4;;/h1-6H2;2-4H;;. The van der Waals surface area contributed by atoms with Gasteiger partial charge >= 0.3 is 36.9 Å². The van der Waals surface area contributed by atoms with E-state index in [0.717, 1.165) is 0 Å². The van der Waals surface area contributed by atoms with E-state index in [0.29, 0.717) is 9.52 Å². The summed E-state index contributed by atoms with van der Waals surface area (Å²) in [6.45, 7) is 0. The molecule has 1 aliphatic rings. The van der Waals surface area contributed by atoms with Gasteiger partial charge in [-0.25, -0.2) is 0 Å². The third kappa shape index (κ3) is 18.3. The minimum absolute atomic E-state index is 0. The molecule has 0 aromatic rings. The Kier molecular flexibility index (Phi) is 14.9. The summed E-state index contributed by atoms with van der Waals surface area (Å²) in [5, 5.41) is 21.5. The molecule has 0 bridgehead atoms. The van der Waals surface area contributed by atoms with E-state index in [9.17, 15) is 0 Å². The van der Waals surface area contributed by atoms with Crippen LogP contribution >= 0.6 is 0 Å². The summed E-state index contributed by atoms with van der Waals surface area (Å²) in [6, 6.07) is 3.28. The number of hydrogen-bond acceptors (Lipinski definition) is 3. The van der Waals surface area contributed by atoms with Crippen LogP contribution in [0, 0.1) is 0 Å². The maximum atomic E-state index is 7.17. The summed E-state index contributed by atoms with van der Waals surface area (Å²) in [5.41, 5.74) is 0. The van der Waals surface area contributed by atoms with E-state index in [1.54, 1.807) is 24.9 Å². The molecular weight excluding hydrogens is 170 g/mol. The fourth-order valence-electron chi connectivity index (χ4n) is 1.06. The minimum atomic E-state index is -2.17. The average Bonchev–Trinajstić information content (AvgIpc) is 1.90. The predicted octanol–water partition coefficient (Wildman–Crippen LogP) is -1.52. The molecular formula is C5H16BNaO3Si. The molecule has 0 saturated carbocycles. The van der Waals surface area contributed by atoms with Crippen LogP contribution in [0.2, 0.25) is 12.1 Å². The van der Waals surface area contributed by atoms with Crippen molar-refractivity contribution in [3.05, 3.63) is 0 Å². The molecule has 0 aliphatic carbocycles. The van der Waals surface area contributed by atoms with Crippen LogP contribution in [0.25, 0.3) is 0 Å². The second-order valence-electron chi connectivity index (χ2n) is 2.47. The molecule has 6 heteroatoms. The van der Waals surface area contributed by atoms with Gasteiger partial charge in [0.2, 0.25) is 0 Å². The molecule has 0 unspecified atom stereocenters. The van der Waals surface area contributed by atoms with Crippen molar-refractivity contribution in [1.82, 2.24) is 0 Å². The zero-order chi connectivity index (χ0) is 7.82. The molecule has 1 rings (SSSR count). The normalized spacial score (nSPS) is 15.5. The first-order chi connectivity index (χ1) is 4.73. The van der Waals surface area contributed by atoms with Crippen molar-refractivity contribution < 1.29 is 15.1 Å². The summed E-state index contributed by atoms with van der Waals surface area (Å²) in [4.78, 5) is 0. The molecule has 1 fully saturated rings. The van der Waals surface area contributed by atoms with Crippen LogP contribution in [-0.4, -0.2) is 61.5 Å². The van der Waals surface area contributed by atoms with Crippen LogP contribution < -0.4 is 0 Å². The van der Waals surface area contributed by atoms with Crippen molar-refractivity contribution in [2.24, 2.45) is 0 Å². The fraction of sp³-hybridized carbons (Fsp3) is 1.00. The molecule has 3 nitrogen and oxygen atoms in total. The number of rotatable bonds is 0. The van der Waals surface area contributed by atoms with Crippen molar-refractivity contribution in [1.29, 1.82) is 0 Å². The maximum absolute atomic E-state index is 7.17. The Balaban J connectivity index is 0. The quantitative estimate of drug-likeness (QED) is 0.402. The van der Waals surface area contributed by atoms with Gasteiger partial charge in [0.25, 0.3) is 0 Å². The van der Waals surface area contributed by atoms with Gasteiger partial charge in [-0.05, 0) is 0 Å². The monoisotopic (exact) mass is 186 g/mol. The third-order valence-electron chi connectivity index (χ3n) is 1.50. The average molecular weight is 186 g/mol. The second-order valence-corrected chi connectivity index (χ2v) is 4.59. The van der Waals surface area contributed by atoms with Crippen LogP contribution in [0.15, 0.2) is 0 Å². The SMILES string of the molecule is C1CC[SiH2]CC1.OB(O)O.[NaH]. The van der Waals surface area contributed by atoms with Crippen molar-refractivity contribution in [3.8, 4) is 0 Å². The molecule has 0 atom stereocenters. The van der Waals surface area contributed by atoms with E-state index in [1.165, 1.54) is 6.42 Å². The summed E-state index contributed by atoms with van der Waals surface area (Å²) < 4.78 is 0. The van der Waals surface area contributed by atoms with Gasteiger partial charge in [-0.15, -0.1) is 0 Å². The van der Waals surface area contributed by atoms with Crippen LogP contribution in [-0.2, 0) is 0 Å². The number of hydrogen-bond donors (Lipinski definition) is 3. The van der Waals surface area contributed by atoms with Gasteiger partial charge in [0, 0.05) is 9.52 Å². The molecule has 11 heavy (non-hydrogen) atoms. The van der Waals surface area contributed by atoms with Crippen LogP contribution in [0.3, 0.4) is 0 Å². The van der Waals surface area contributed by atoms with Gasteiger partial charge in [-0.2, -0.15) is 0 Å². The molecule has 0 aromatic carbocycles. The van der Waals surface area contributed by atoms with Gasteiger partial charge in [0.15, 0.2) is 0 Å². The van der Waals surface area contributed by atoms with Gasteiger partial charge in [-0.3, -0.25) is 0 Å². The molecule has 0 radical (unpaired) electrons. The van der Waals surface area contributed by atoms with Crippen LogP contribution in [0.5, 0.6) is 0 Å². The van der Waals surface area contributed by atoms with E-state index in [-0.39, 0.29) is 29.6 Å². The Bertz CT molecular complexity index is 58.5. The molecule has 0 aromatic heterocycles. The summed E-state index contributed by atoms with van der Waals surface area (Å²) in [7, 11) is -1.66. The van der Waals surface area contributed by atoms with E-state index in [1.807, 2.05) is 0 Å². The van der Waals surface area contributed by atoms with Gasteiger partial charge in [0.05, 0.1) is 0 Å². The summed E-state index contributed by atoms with van der Waals surface area (Å²) in [6.07, 6.45) is 4.66. The summed E-state index contributed by atoms with van der Waals surface area (Å²) in [5.74, 6) is 0. The van der Waals surface area contributed by atoms with Gasteiger partial charge in [-0.1, -0.05) is 31.4 Å². The Morgan fingerprint density at radius 2 is 1.27 bits per heavy atom. The van der Waals surface area contributed by atoms with Crippen molar-refractivity contribution in [2.45, 2.75) is 31.4 Å². The van der Waals surface area contributed by atoms with Crippen LogP contribution in [0.1, 0.15) is 19.3 Å². The Morgan fingerprint density at radius 1 is 0.909 bits per heavy atom. The molecule has 62 valence electrons. The van der Waals surface area contributed by atoms with Gasteiger partial charge in [0.1, 0.15) is 0 Å². The Morgan fingerprint density at radius 3 is 1.36 bits per heavy atom. The summed E-state index contributed by atoms with van der Waals surface area (Å²) >= 11 is 0. The third-order valence-corrected chi connectivity index (χ3v) is 3.50. The van der Waals surface area contributed by atoms with Crippen LogP contribution in [0.4, 0.5) is 0 Å². The second kappa shape index (κ2) is 11.2. The van der Waals surface area contributed by atoms with Crippen molar-refractivity contribution in [3.63, 3.8) is 0 Å². The Hall–Kier alpha value is 1.16. The first kappa shape index (κ1) is 14.7. The van der Waals surface area contributed by atoms with E-state index >= 15 is 0 Å². The molecule has 1 saturated heterocycles. The molecule has 1 aliphatic heterocycles. The Labute approximate surface area is 92.5 Å². The van der Waals surface area contributed by atoms with E-state index in [2.05, 4.69) is 0 Å².